The van der Waals surface area contributed by atoms with E-state index in [0.717, 1.165) is 22.5 Å². The predicted molar refractivity (Wildman–Crippen MR) is 166 cm³/mol. The number of halogens is 2. The van der Waals surface area contributed by atoms with Gasteiger partial charge in [-0.2, -0.15) is 0 Å². The molecule has 1 amide bonds. The molecule has 0 aliphatic heterocycles. The molecule has 4 aromatic carbocycles. The molecule has 4 N–H and O–H groups in total. The number of aliphatic hydroxyl groups excluding tert-OH is 1. The summed E-state index contributed by atoms with van der Waals surface area (Å²) in [5, 5.41) is 13.5. The summed E-state index contributed by atoms with van der Waals surface area (Å²) in [6.07, 6.45) is 0. The zero-order valence-electron chi connectivity index (χ0n) is 22.9. The summed E-state index contributed by atoms with van der Waals surface area (Å²) in [4.78, 5) is 17.6. The maximum Gasteiger partial charge on any atom is 0.255 e. The molecule has 5 aromatic rings. The zero-order valence-corrected chi connectivity index (χ0v) is 24.4. The summed E-state index contributed by atoms with van der Waals surface area (Å²) >= 11 is 12.8. The number of anilines is 2. The Morgan fingerprint density at radius 1 is 0.875 bits per heavy atom. The minimum atomic E-state index is -0.223. The lowest BCUT2D eigenvalue weighted by atomic mass is 10.1. The van der Waals surface area contributed by atoms with Crippen molar-refractivity contribution in [3.8, 4) is 11.4 Å². The Bertz CT molecular complexity index is 1670. The van der Waals surface area contributed by atoms with Crippen LogP contribution in [0.4, 0.5) is 11.4 Å². The molecule has 0 bridgehead atoms. The van der Waals surface area contributed by atoms with Crippen LogP contribution in [0.15, 0.2) is 72.8 Å². The number of amides is 1. The monoisotopic (exact) mass is 574 g/mol. The van der Waals surface area contributed by atoms with Gasteiger partial charge in [0.15, 0.2) is 0 Å². The minimum Gasteiger partial charge on any atom is -0.399 e. The fraction of sp³-hybridized carbons (Fsp3) is 0.188. The number of nitrogen functional groups attached to an aromatic ring is 1. The van der Waals surface area contributed by atoms with E-state index < -0.39 is 0 Å². The van der Waals surface area contributed by atoms with Crippen LogP contribution in [0.3, 0.4) is 0 Å². The smallest absolute Gasteiger partial charge is 0.255 e. The number of nitrogens with one attached hydrogen (secondary N) is 1. The first kappa shape index (κ1) is 29.2. The molecule has 0 radical (unpaired) electrons. The second-order valence-corrected chi connectivity index (χ2v) is 10.5. The van der Waals surface area contributed by atoms with Crippen LogP contribution in [-0.2, 0) is 6.54 Å². The van der Waals surface area contributed by atoms with Crippen molar-refractivity contribution < 1.29 is 9.90 Å². The molecule has 6 nitrogen and oxygen atoms in total. The fourth-order valence-electron chi connectivity index (χ4n) is 4.28. The molecule has 40 heavy (non-hydrogen) atoms. The molecule has 0 saturated heterocycles. The number of rotatable bonds is 5. The van der Waals surface area contributed by atoms with E-state index in [1.165, 1.54) is 11.1 Å². The molecular formula is C32H32Cl2N4O2. The van der Waals surface area contributed by atoms with E-state index in [1.54, 1.807) is 36.4 Å². The third-order valence-electron chi connectivity index (χ3n) is 6.82. The summed E-state index contributed by atoms with van der Waals surface area (Å²) in [6.45, 7) is 8.36. The van der Waals surface area contributed by atoms with Crippen molar-refractivity contribution in [1.82, 2.24) is 9.55 Å². The van der Waals surface area contributed by atoms with Gasteiger partial charge in [0.05, 0.1) is 33.2 Å². The molecule has 0 atom stereocenters. The Morgan fingerprint density at radius 2 is 1.52 bits per heavy atom. The Hall–Kier alpha value is -3.84. The van der Waals surface area contributed by atoms with Gasteiger partial charge < -0.3 is 20.7 Å². The Morgan fingerprint density at radius 3 is 2.12 bits per heavy atom. The standard InChI is InChI=1S/C24H21Cl2N3O2.C8H11N/c1-14-6-8-17(12-15(14)2)27-24(31)16-7-9-20-21(13-16)29(10-11-30)23(28-20)22-18(25)4-3-5-19(22)26;1-6-3-4-8(9)5-7(6)2/h3-9,12-13,30H,10-11H2,1-2H3,(H,27,31);3-5H,9H2,1-2H3. The van der Waals surface area contributed by atoms with E-state index in [2.05, 4.69) is 24.1 Å². The molecule has 206 valence electrons. The van der Waals surface area contributed by atoms with Crippen LogP contribution in [0.1, 0.15) is 32.6 Å². The van der Waals surface area contributed by atoms with Gasteiger partial charge in [-0.25, -0.2) is 4.98 Å². The van der Waals surface area contributed by atoms with Gasteiger partial charge in [0.1, 0.15) is 5.82 Å². The summed E-state index contributed by atoms with van der Waals surface area (Å²) < 4.78 is 1.83. The van der Waals surface area contributed by atoms with Gasteiger partial charge in [-0.3, -0.25) is 4.79 Å². The molecule has 0 aliphatic rings. The maximum atomic E-state index is 12.9. The number of aliphatic hydroxyl groups is 1. The van der Waals surface area contributed by atoms with Crippen molar-refractivity contribution >= 4 is 51.5 Å². The number of aromatic nitrogens is 2. The van der Waals surface area contributed by atoms with Gasteiger partial charge >= 0.3 is 0 Å². The second kappa shape index (κ2) is 12.6. The van der Waals surface area contributed by atoms with Crippen molar-refractivity contribution in [3.63, 3.8) is 0 Å². The summed E-state index contributed by atoms with van der Waals surface area (Å²) in [5.74, 6) is 0.325. The number of carbonyl (C=O) groups excluding carboxylic acids is 1. The van der Waals surface area contributed by atoms with E-state index >= 15 is 0 Å². The van der Waals surface area contributed by atoms with Gasteiger partial charge in [0.2, 0.25) is 0 Å². The van der Waals surface area contributed by atoms with Crippen molar-refractivity contribution in [2.45, 2.75) is 34.2 Å². The fourth-order valence-corrected chi connectivity index (χ4v) is 4.85. The number of benzene rings is 4. The van der Waals surface area contributed by atoms with Crippen molar-refractivity contribution in [2.75, 3.05) is 17.7 Å². The topological polar surface area (TPSA) is 93.2 Å². The molecule has 0 fully saturated rings. The van der Waals surface area contributed by atoms with Crippen molar-refractivity contribution in [1.29, 1.82) is 0 Å². The number of imidazole rings is 1. The van der Waals surface area contributed by atoms with Gasteiger partial charge in [0.25, 0.3) is 5.91 Å². The van der Waals surface area contributed by atoms with Crippen LogP contribution in [0.25, 0.3) is 22.4 Å². The number of hydrogen-bond donors (Lipinski definition) is 3. The largest absolute Gasteiger partial charge is 0.399 e. The molecule has 1 aromatic heterocycles. The van der Waals surface area contributed by atoms with Crippen LogP contribution in [0, 0.1) is 27.7 Å². The molecule has 0 unspecified atom stereocenters. The average Bonchev–Trinajstić information content (AvgIpc) is 3.26. The highest BCUT2D eigenvalue weighted by Gasteiger charge is 2.19. The van der Waals surface area contributed by atoms with Crippen molar-refractivity contribution in [3.05, 3.63) is 111 Å². The lowest BCUT2D eigenvalue weighted by Crippen LogP contribution is -2.12. The zero-order chi connectivity index (χ0) is 29.0. The van der Waals surface area contributed by atoms with E-state index in [9.17, 15) is 9.90 Å². The molecule has 5 rings (SSSR count). The van der Waals surface area contributed by atoms with Gasteiger partial charge in [-0.05, 0) is 105 Å². The molecule has 0 aliphatic carbocycles. The summed E-state index contributed by atoms with van der Waals surface area (Å²) in [5.41, 5.74) is 14.4. The number of hydrogen-bond acceptors (Lipinski definition) is 4. The van der Waals surface area contributed by atoms with Crippen molar-refractivity contribution in [2.24, 2.45) is 0 Å². The van der Waals surface area contributed by atoms with Gasteiger partial charge in [-0.1, -0.05) is 41.4 Å². The lowest BCUT2D eigenvalue weighted by molar-refractivity contribution is 0.102. The molecule has 0 spiro atoms. The normalized spacial score (nSPS) is 10.8. The Labute approximate surface area is 244 Å². The number of nitrogens with two attached hydrogens (primary N) is 1. The maximum absolute atomic E-state index is 12.9. The van der Waals surface area contributed by atoms with E-state index in [4.69, 9.17) is 28.9 Å². The predicted octanol–water partition coefficient (Wildman–Crippen LogP) is 7.76. The van der Waals surface area contributed by atoms with E-state index in [-0.39, 0.29) is 19.1 Å². The number of aryl methyl sites for hydroxylation is 4. The lowest BCUT2D eigenvalue weighted by Gasteiger charge is -2.11. The van der Waals surface area contributed by atoms with Gasteiger partial charge in [-0.15, -0.1) is 0 Å². The van der Waals surface area contributed by atoms with Crippen LogP contribution < -0.4 is 11.1 Å². The quantitative estimate of drug-likeness (QED) is 0.187. The van der Waals surface area contributed by atoms with Crippen LogP contribution in [0.2, 0.25) is 10.0 Å². The minimum absolute atomic E-state index is 0.0976. The average molecular weight is 576 g/mol. The molecule has 1 heterocycles. The summed E-state index contributed by atoms with van der Waals surface area (Å²) in [7, 11) is 0. The molecule has 8 heteroatoms. The number of carbonyl (C=O) groups is 1. The number of fused-ring (bicyclic) bond motifs is 1. The third kappa shape index (κ3) is 6.48. The highest BCUT2D eigenvalue weighted by molar-refractivity contribution is 6.39. The first-order valence-electron chi connectivity index (χ1n) is 12.9. The van der Waals surface area contributed by atoms with E-state index in [0.29, 0.717) is 38.0 Å². The van der Waals surface area contributed by atoms with E-state index in [1.807, 2.05) is 54.8 Å². The molecule has 0 saturated carbocycles. The third-order valence-corrected chi connectivity index (χ3v) is 7.45. The highest BCUT2D eigenvalue weighted by Crippen LogP contribution is 2.36. The number of nitrogens with zero attached hydrogens (tertiary/aromatic N) is 2. The van der Waals surface area contributed by atoms with Crippen LogP contribution >= 0.6 is 23.2 Å². The first-order valence-corrected chi connectivity index (χ1v) is 13.6. The first-order chi connectivity index (χ1) is 19.1. The van der Waals surface area contributed by atoms with Crippen LogP contribution in [-0.4, -0.2) is 27.2 Å². The Balaban J connectivity index is 0.000000350. The molecular weight excluding hydrogens is 543 g/mol. The Kier molecular flexibility index (Phi) is 9.15. The highest BCUT2D eigenvalue weighted by atomic mass is 35.5. The van der Waals surface area contributed by atoms with Gasteiger partial charge in [0, 0.05) is 23.5 Å². The SMILES string of the molecule is Cc1ccc(N)cc1C.Cc1ccc(NC(=O)c2ccc3nc(-c4c(Cl)cccc4Cl)n(CCO)c3c2)cc1C. The second-order valence-electron chi connectivity index (χ2n) is 9.71. The van der Waals surface area contributed by atoms with Crippen LogP contribution in [0.5, 0.6) is 0 Å². The summed E-state index contributed by atoms with van der Waals surface area (Å²) in [6, 6.07) is 22.3.